The number of rotatable bonds is 7. The van der Waals surface area contributed by atoms with Crippen molar-refractivity contribution in [3.63, 3.8) is 0 Å². The van der Waals surface area contributed by atoms with Crippen LogP contribution in [0.5, 0.6) is 0 Å². The molecule has 1 aliphatic carbocycles. The number of hydrogen-bond donors (Lipinski definition) is 2. The molecule has 31 heavy (non-hydrogen) atoms. The molecule has 0 aliphatic heterocycles. The molecule has 1 unspecified atom stereocenters. The zero-order valence-corrected chi connectivity index (χ0v) is 17.4. The lowest BCUT2D eigenvalue weighted by atomic mass is 9.94. The Hall–Kier alpha value is -2.87. The molecule has 0 radical (unpaired) electrons. The number of nitrogens with zero attached hydrogens (tertiary/aromatic N) is 2. The van der Waals surface area contributed by atoms with Crippen molar-refractivity contribution < 1.29 is 23.5 Å². The van der Waals surface area contributed by atoms with Gasteiger partial charge in [-0.2, -0.15) is 0 Å². The van der Waals surface area contributed by atoms with Crippen molar-refractivity contribution in [2.75, 3.05) is 11.5 Å². The van der Waals surface area contributed by atoms with Gasteiger partial charge in [0.25, 0.3) is 11.8 Å². The Kier molecular flexibility index (Phi) is 7.33. The summed E-state index contributed by atoms with van der Waals surface area (Å²) in [5.41, 5.74) is 0.232. The Labute approximate surface area is 180 Å². The van der Waals surface area contributed by atoms with Crippen LogP contribution in [0.2, 0.25) is 0 Å². The van der Waals surface area contributed by atoms with E-state index in [1.807, 2.05) is 0 Å². The van der Waals surface area contributed by atoms with E-state index in [4.69, 9.17) is 0 Å². The average molecular weight is 431 g/mol. The summed E-state index contributed by atoms with van der Waals surface area (Å²) < 4.78 is 27.9. The van der Waals surface area contributed by atoms with Gasteiger partial charge >= 0.3 is 0 Å². The van der Waals surface area contributed by atoms with Crippen molar-refractivity contribution in [3.05, 3.63) is 59.9 Å². The van der Waals surface area contributed by atoms with Gasteiger partial charge in [-0.1, -0.05) is 37.5 Å². The van der Waals surface area contributed by atoms with Gasteiger partial charge in [0.15, 0.2) is 0 Å². The van der Waals surface area contributed by atoms with Crippen LogP contribution >= 0.6 is 0 Å². The molecule has 0 bridgehead atoms. The normalized spacial score (nSPS) is 15.9. The summed E-state index contributed by atoms with van der Waals surface area (Å²) >= 11 is 0. The van der Waals surface area contributed by atoms with Crippen LogP contribution in [0.3, 0.4) is 0 Å². The summed E-state index contributed by atoms with van der Waals surface area (Å²) in [6.45, 7) is -0.112. The zero-order chi connectivity index (χ0) is 22.4. The Morgan fingerprint density at radius 2 is 1.97 bits per heavy atom. The summed E-state index contributed by atoms with van der Waals surface area (Å²) in [6, 6.07) is 7.41. The van der Waals surface area contributed by atoms with Crippen LogP contribution in [0.4, 0.5) is 14.5 Å². The van der Waals surface area contributed by atoms with Crippen LogP contribution in [-0.2, 0) is 15.5 Å². The lowest BCUT2D eigenvalue weighted by Gasteiger charge is -2.33. The molecule has 3 rings (SSSR count). The van der Waals surface area contributed by atoms with Gasteiger partial charge in [-0.25, -0.2) is 8.78 Å². The zero-order valence-electron chi connectivity index (χ0n) is 17.4. The monoisotopic (exact) mass is 431 g/mol. The van der Waals surface area contributed by atoms with Crippen molar-refractivity contribution in [3.8, 4) is 0 Å². The van der Waals surface area contributed by atoms with E-state index in [9.17, 15) is 23.5 Å². The molecule has 2 N–H and O–H groups in total. The highest BCUT2D eigenvalue weighted by Gasteiger charge is 2.35. The first-order valence-electron chi connectivity index (χ1n) is 10.4. The molecule has 1 saturated carbocycles. The van der Waals surface area contributed by atoms with E-state index in [1.165, 1.54) is 36.7 Å². The van der Waals surface area contributed by atoms with Crippen LogP contribution in [0.1, 0.15) is 56.2 Å². The Morgan fingerprint density at radius 1 is 1.23 bits per heavy atom. The van der Waals surface area contributed by atoms with E-state index < -0.39 is 30.4 Å². The number of carbonyl (C=O) groups is 2. The van der Waals surface area contributed by atoms with Gasteiger partial charge in [0.2, 0.25) is 5.91 Å². The molecule has 1 aromatic carbocycles. The predicted molar refractivity (Wildman–Crippen MR) is 113 cm³/mol. The van der Waals surface area contributed by atoms with Crippen LogP contribution in [0, 0.1) is 0 Å². The number of benzene rings is 1. The summed E-state index contributed by atoms with van der Waals surface area (Å²) in [6.07, 6.45) is 7.82. The van der Waals surface area contributed by atoms with Gasteiger partial charge in [-0.3, -0.25) is 19.5 Å². The summed E-state index contributed by atoms with van der Waals surface area (Å²) in [5.74, 6) is -4.34. The van der Waals surface area contributed by atoms with Gasteiger partial charge in [-0.05, 0) is 31.0 Å². The first-order chi connectivity index (χ1) is 14.8. The van der Waals surface area contributed by atoms with Gasteiger partial charge in [0.05, 0.1) is 0 Å². The number of aromatic nitrogens is 1. The average Bonchev–Trinajstić information content (AvgIpc) is 2.77. The number of carbonyl (C=O) groups excluding carboxylic acids is 2. The number of aliphatic hydroxyl groups excluding tert-OH is 1. The Bertz CT molecular complexity index is 896. The van der Waals surface area contributed by atoms with Crippen molar-refractivity contribution in [2.45, 2.75) is 57.0 Å². The van der Waals surface area contributed by atoms with Crippen LogP contribution < -0.4 is 10.2 Å². The van der Waals surface area contributed by atoms with Crippen LogP contribution in [-0.4, -0.2) is 34.6 Å². The third-order valence-electron chi connectivity index (χ3n) is 5.49. The topological polar surface area (TPSA) is 82.5 Å². The molecule has 166 valence electrons. The lowest BCUT2D eigenvalue weighted by Crippen LogP contribution is -2.48. The molecule has 8 heteroatoms. The third kappa shape index (κ3) is 5.64. The van der Waals surface area contributed by atoms with Gasteiger partial charge in [0, 0.05) is 42.2 Å². The maximum atomic E-state index is 13.9. The third-order valence-corrected chi connectivity index (χ3v) is 5.49. The van der Waals surface area contributed by atoms with Gasteiger partial charge in [0.1, 0.15) is 12.6 Å². The number of alkyl halides is 2. The molecule has 1 heterocycles. The summed E-state index contributed by atoms with van der Waals surface area (Å²) in [4.78, 5) is 31.3. The number of hydrogen-bond acceptors (Lipinski definition) is 4. The highest BCUT2D eigenvalue weighted by atomic mass is 19.3. The highest BCUT2D eigenvalue weighted by molar-refractivity contribution is 6.01. The molecule has 1 fully saturated rings. The first-order valence-corrected chi connectivity index (χ1v) is 10.4. The quantitative estimate of drug-likeness (QED) is 0.700. The number of amides is 2. The minimum absolute atomic E-state index is 0.0159. The second kappa shape index (κ2) is 9.96. The summed E-state index contributed by atoms with van der Waals surface area (Å²) in [5, 5.41) is 12.6. The fourth-order valence-corrected chi connectivity index (χ4v) is 3.92. The molecular formula is C23H27F2N3O3. The van der Waals surface area contributed by atoms with E-state index in [-0.39, 0.29) is 17.3 Å². The molecule has 2 amide bonds. The maximum absolute atomic E-state index is 13.9. The smallest absolute Gasteiger partial charge is 0.270 e. The van der Waals surface area contributed by atoms with Crippen molar-refractivity contribution in [1.82, 2.24) is 10.3 Å². The second-order valence-corrected chi connectivity index (χ2v) is 7.89. The van der Waals surface area contributed by atoms with Crippen molar-refractivity contribution in [2.24, 2.45) is 0 Å². The minimum Gasteiger partial charge on any atom is -0.387 e. The van der Waals surface area contributed by atoms with E-state index in [0.29, 0.717) is 5.56 Å². The van der Waals surface area contributed by atoms with Gasteiger partial charge in [-0.15, -0.1) is 0 Å². The van der Waals surface area contributed by atoms with E-state index in [1.54, 1.807) is 12.1 Å². The number of pyridine rings is 1. The predicted octanol–water partition coefficient (Wildman–Crippen LogP) is 3.71. The van der Waals surface area contributed by atoms with E-state index in [0.717, 1.165) is 43.9 Å². The standard InChI is InChI=1S/C23H27F2N3O3/c1-23(24,25)17-8-5-11-19(13-17)28(20(30)15-29)21(16-7-6-12-26-14-16)22(31)27-18-9-3-2-4-10-18/h5-8,11-14,18,21,29H,2-4,9-10,15H2,1H3,(H,27,31). The fraction of sp³-hybridized carbons (Fsp3) is 0.435. The molecule has 0 spiro atoms. The molecule has 1 aromatic heterocycles. The fourth-order valence-electron chi connectivity index (χ4n) is 3.92. The van der Waals surface area contributed by atoms with E-state index >= 15 is 0 Å². The van der Waals surface area contributed by atoms with E-state index in [2.05, 4.69) is 10.3 Å². The largest absolute Gasteiger partial charge is 0.387 e. The van der Waals surface area contributed by atoms with Crippen molar-refractivity contribution >= 4 is 17.5 Å². The highest BCUT2D eigenvalue weighted by Crippen LogP contribution is 2.33. The second-order valence-electron chi connectivity index (χ2n) is 7.89. The molecule has 1 atom stereocenters. The van der Waals surface area contributed by atoms with Gasteiger partial charge < -0.3 is 10.4 Å². The SMILES string of the molecule is CC(F)(F)c1cccc(N(C(=O)CO)C(C(=O)NC2CCCCC2)c2cccnc2)c1. The molecule has 1 aliphatic rings. The number of nitrogens with one attached hydrogen (secondary N) is 1. The Balaban J connectivity index is 2.04. The van der Waals surface area contributed by atoms with Crippen LogP contribution in [0.15, 0.2) is 48.8 Å². The number of anilines is 1. The van der Waals surface area contributed by atoms with Crippen molar-refractivity contribution in [1.29, 1.82) is 0 Å². The molecule has 6 nitrogen and oxygen atoms in total. The maximum Gasteiger partial charge on any atom is 0.270 e. The number of halogens is 2. The van der Waals surface area contributed by atoms with Crippen LogP contribution in [0.25, 0.3) is 0 Å². The Morgan fingerprint density at radius 3 is 2.58 bits per heavy atom. The minimum atomic E-state index is -3.13. The molecule has 0 saturated heterocycles. The molecular weight excluding hydrogens is 404 g/mol. The summed E-state index contributed by atoms with van der Waals surface area (Å²) in [7, 11) is 0. The first kappa shape index (κ1) is 22.8. The number of aliphatic hydroxyl groups is 1. The molecule has 2 aromatic rings. The lowest BCUT2D eigenvalue weighted by molar-refractivity contribution is -0.128.